The van der Waals surface area contributed by atoms with Gasteiger partial charge in [-0.25, -0.2) is 4.85 Å². The summed E-state index contributed by atoms with van der Waals surface area (Å²) in [5, 5.41) is 0. The fourth-order valence-corrected chi connectivity index (χ4v) is 1.24. The summed E-state index contributed by atoms with van der Waals surface area (Å²) in [4.78, 5) is 7.56. The molecule has 0 spiro atoms. The molecule has 0 unspecified atom stereocenters. The smallest absolute Gasteiger partial charge is 0.187 e. The molecule has 0 aliphatic carbocycles. The Morgan fingerprint density at radius 2 is 1.79 bits per heavy atom. The van der Waals surface area contributed by atoms with Crippen LogP contribution in [0.25, 0.3) is 16.1 Å². The van der Waals surface area contributed by atoms with Gasteiger partial charge in [-0.2, -0.15) is 0 Å². The van der Waals surface area contributed by atoms with Crippen molar-refractivity contribution in [3.63, 3.8) is 0 Å². The van der Waals surface area contributed by atoms with Crippen LogP contribution in [0.5, 0.6) is 0 Å². The van der Waals surface area contributed by atoms with Crippen LogP contribution in [0.2, 0.25) is 0 Å². The number of hydrogen-bond donors (Lipinski definition) is 0. The molecule has 0 N–H and O–H groups in total. The third-order valence-corrected chi connectivity index (χ3v) is 1.96. The van der Waals surface area contributed by atoms with Crippen molar-refractivity contribution in [2.45, 2.75) is 0 Å². The second-order valence-corrected chi connectivity index (χ2v) is 2.87. The minimum absolute atomic E-state index is 0.657. The lowest BCUT2D eigenvalue weighted by molar-refractivity contribution is 1.33. The van der Waals surface area contributed by atoms with Crippen LogP contribution in [-0.4, -0.2) is 4.98 Å². The third-order valence-electron chi connectivity index (χ3n) is 1.96. The van der Waals surface area contributed by atoms with E-state index in [0.29, 0.717) is 5.69 Å². The van der Waals surface area contributed by atoms with Gasteiger partial charge in [-0.3, -0.25) is 4.98 Å². The van der Waals surface area contributed by atoms with E-state index >= 15 is 0 Å². The maximum Gasteiger partial charge on any atom is 0.187 e. The second kappa shape index (κ2) is 3.71. The summed E-state index contributed by atoms with van der Waals surface area (Å²) >= 11 is 0. The van der Waals surface area contributed by atoms with Crippen molar-refractivity contribution >= 4 is 5.69 Å². The van der Waals surface area contributed by atoms with Crippen LogP contribution in [0.15, 0.2) is 48.7 Å². The van der Waals surface area contributed by atoms with E-state index in [9.17, 15) is 0 Å². The molecule has 2 nitrogen and oxygen atoms in total. The molecule has 0 amide bonds. The van der Waals surface area contributed by atoms with Crippen molar-refractivity contribution in [1.82, 2.24) is 4.98 Å². The molecular formula is C12H8N2. The molecule has 1 aromatic carbocycles. The lowest BCUT2D eigenvalue weighted by atomic mass is 10.1. The van der Waals surface area contributed by atoms with Crippen molar-refractivity contribution in [1.29, 1.82) is 0 Å². The van der Waals surface area contributed by atoms with Gasteiger partial charge in [0, 0.05) is 6.20 Å². The van der Waals surface area contributed by atoms with Gasteiger partial charge < -0.3 is 0 Å². The van der Waals surface area contributed by atoms with Gasteiger partial charge in [0.2, 0.25) is 0 Å². The van der Waals surface area contributed by atoms with Gasteiger partial charge >= 0.3 is 0 Å². The molecule has 0 aliphatic heterocycles. The van der Waals surface area contributed by atoms with Crippen LogP contribution < -0.4 is 0 Å². The predicted octanol–water partition coefficient (Wildman–Crippen LogP) is 3.30. The van der Waals surface area contributed by atoms with Gasteiger partial charge in [-0.1, -0.05) is 30.3 Å². The molecule has 0 bridgehead atoms. The van der Waals surface area contributed by atoms with Crippen molar-refractivity contribution in [3.05, 3.63) is 60.1 Å². The number of benzene rings is 1. The highest BCUT2D eigenvalue weighted by molar-refractivity contribution is 5.62. The monoisotopic (exact) mass is 180 g/mol. The molecule has 2 rings (SSSR count). The van der Waals surface area contributed by atoms with Crippen molar-refractivity contribution in [3.8, 4) is 11.3 Å². The molecule has 0 radical (unpaired) electrons. The molecule has 0 saturated heterocycles. The summed E-state index contributed by atoms with van der Waals surface area (Å²) in [6.07, 6.45) is 1.76. The highest BCUT2D eigenvalue weighted by Crippen LogP contribution is 2.20. The first-order chi connectivity index (χ1) is 6.90. The molecule has 0 saturated carbocycles. The average Bonchev–Trinajstić information content (AvgIpc) is 2.30. The first-order valence-corrected chi connectivity index (χ1v) is 4.29. The SMILES string of the molecule is [C-]#[N+]c1ccc(-c2ccccn2)cc1. The summed E-state index contributed by atoms with van der Waals surface area (Å²) in [6, 6.07) is 13.2. The lowest BCUT2D eigenvalue weighted by Gasteiger charge is -1.99. The summed E-state index contributed by atoms with van der Waals surface area (Å²) in [5.41, 5.74) is 2.63. The minimum atomic E-state index is 0.657. The van der Waals surface area contributed by atoms with E-state index in [1.54, 1.807) is 18.3 Å². The van der Waals surface area contributed by atoms with E-state index in [2.05, 4.69) is 9.83 Å². The van der Waals surface area contributed by atoms with E-state index in [4.69, 9.17) is 6.57 Å². The topological polar surface area (TPSA) is 17.2 Å². The molecule has 1 heterocycles. The Kier molecular flexibility index (Phi) is 2.24. The Bertz CT molecular complexity index is 452. The van der Waals surface area contributed by atoms with Gasteiger partial charge in [0.1, 0.15) is 0 Å². The molecule has 0 fully saturated rings. The van der Waals surface area contributed by atoms with Gasteiger partial charge in [-0.05, 0) is 17.7 Å². The zero-order valence-corrected chi connectivity index (χ0v) is 7.51. The first kappa shape index (κ1) is 8.46. The van der Waals surface area contributed by atoms with Crippen molar-refractivity contribution in [2.24, 2.45) is 0 Å². The Hall–Kier alpha value is -2.14. The Morgan fingerprint density at radius 1 is 1.00 bits per heavy atom. The minimum Gasteiger partial charge on any atom is -0.256 e. The molecule has 0 aliphatic rings. The van der Waals surface area contributed by atoms with Crippen LogP contribution in [0.1, 0.15) is 0 Å². The van der Waals surface area contributed by atoms with Gasteiger partial charge in [0.25, 0.3) is 0 Å². The summed E-state index contributed by atoms with van der Waals surface area (Å²) in [7, 11) is 0. The predicted molar refractivity (Wildman–Crippen MR) is 55.9 cm³/mol. The maximum atomic E-state index is 6.83. The number of aromatic nitrogens is 1. The van der Waals surface area contributed by atoms with Crippen LogP contribution in [0, 0.1) is 6.57 Å². The molecule has 2 aromatic rings. The third kappa shape index (κ3) is 1.62. The van der Waals surface area contributed by atoms with Crippen LogP contribution in [0.4, 0.5) is 5.69 Å². The quantitative estimate of drug-likeness (QED) is 0.615. The van der Waals surface area contributed by atoms with E-state index in [1.165, 1.54) is 0 Å². The Balaban J connectivity index is 2.40. The largest absolute Gasteiger partial charge is 0.256 e. The van der Waals surface area contributed by atoms with Gasteiger partial charge in [-0.15, -0.1) is 0 Å². The Labute approximate surface area is 82.7 Å². The molecule has 0 atom stereocenters. The standard InChI is InChI=1S/C12H8N2/c1-13-11-7-5-10(6-8-11)12-4-2-3-9-14-12/h2-9H. The van der Waals surface area contributed by atoms with Gasteiger partial charge in [0.15, 0.2) is 5.69 Å². The summed E-state index contributed by atoms with van der Waals surface area (Å²) in [5.74, 6) is 0. The number of rotatable bonds is 1. The molecule has 14 heavy (non-hydrogen) atoms. The van der Waals surface area contributed by atoms with Crippen LogP contribution >= 0.6 is 0 Å². The van der Waals surface area contributed by atoms with E-state index in [-0.39, 0.29) is 0 Å². The van der Waals surface area contributed by atoms with E-state index in [1.807, 2.05) is 30.3 Å². The summed E-state index contributed by atoms with van der Waals surface area (Å²) in [6.45, 7) is 6.83. The zero-order valence-electron chi connectivity index (χ0n) is 7.51. The lowest BCUT2D eigenvalue weighted by Crippen LogP contribution is -1.79. The number of pyridine rings is 1. The van der Waals surface area contributed by atoms with E-state index in [0.717, 1.165) is 11.3 Å². The molecular weight excluding hydrogens is 172 g/mol. The zero-order chi connectivity index (χ0) is 9.80. The number of nitrogens with zero attached hydrogens (tertiary/aromatic N) is 2. The molecule has 1 aromatic heterocycles. The first-order valence-electron chi connectivity index (χ1n) is 4.29. The Morgan fingerprint density at radius 3 is 2.36 bits per heavy atom. The second-order valence-electron chi connectivity index (χ2n) is 2.87. The normalized spacial score (nSPS) is 9.36. The van der Waals surface area contributed by atoms with Gasteiger partial charge in [0.05, 0.1) is 12.3 Å². The highest BCUT2D eigenvalue weighted by atomic mass is 14.7. The number of hydrogen-bond acceptors (Lipinski definition) is 1. The van der Waals surface area contributed by atoms with Crippen LogP contribution in [0.3, 0.4) is 0 Å². The fraction of sp³-hybridized carbons (Fsp3) is 0. The van der Waals surface area contributed by atoms with E-state index < -0.39 is 0 Å². The summed E-state index contributed by atoms with van der Waals surface area (Å²) < 4.78 is 0. The maximum absolute atomic E-state index is 6.83. The van der Waals surface area contributed by atoms with Crippen molar-refractivity contribution in [2.75, 3.05) is 0 Å². The highest BCUT2D eigenvalue weighted by Gasteiger charge is 1.96. The fourth-order valence-electron chi connectivity index (χ4n) is 1.24. The van der Waals surface area contributed by atoms with Crippen LogP contribution in [-0.2, 0) is 0 Å². The van der Waals surface area contributed by atoms with Crippen molar-refractivity contribution < 1.29 is 0 Å². The molecule has 66 valence electrons. The molecule has 2 heteroatoms. The average molecular weight is 180 g/mol.